The minimum absolute atomic E-state index is 0.446. The Kier molecular flexibility index (Phi) is 4.32. The molecule has 94 valence electrons. The Balaban J connectivity index is 2.74. The zero-order chi connectivity index (χ0) is 12.3. The van der Waals surface area contributed by atoms with E-state index in [9.17, 15) is 13.2 Å². The van der Waals surface area contributed by atoms with Crippen molar-refractivity contribution in [1.29, 1.82) is 0 Å². The van der Waals surface area contributed by atoms with E-state index in [-0.39, 0.29) is 0 Å². The van der Waals surface area contributed by atoms with Gasteiger partial charge in [0.2, 0.25) is 10.0 Å². The van der Waals surface area contributed by atoms with Crippen LogP contribution in [0.5, 0.6) is 0 Å². The van der Waals surface area contributed by atoms with E-state index in [1.807, 2.05) is 0 Å². The summed E-state index contributed by atoms with van der Waals surface area (Å²) in [5, 5.41) is 8.49. The predicted molar refractivity (Wildman–Crippen MR) is 60.6 cm³/mol. The molecule has 0 aromatic rings. The number of rotatable bonds is 4. The molecule has 0 heterocycles. The van der Waals surface area contributed by atoms with E-state index in [1.165, 1.54) is 0 Å². The smallest absolute Gasteiger partial charge is 0.308 e. The van der Waals surface area contributed by atoms with Gasteiger partial charge in [-0.2, -0.15) is 0 Å². The summed E-state index contributed by atoms with van der Waals surface area (Å²) in [6.45, 7) is 3.17. The number of carboxylic acids is 1. The van der Waals surface area contributed by atoms with Gasteiger partial charge in [0.1, 0.15) is 0 Å². The van der Waals surface area contributed by atoms with Gasteiger partial charge in [-0.25, -0.2) is 13.1 Å². The Morgan fingerprint density at radius 2 is 1.88 bits per heavy atom. The molecule has 2 N–H and O–H groups in total. The second-order valence-electron chi connectivity index (χ2n) is 4.55. The van der Waals surface area contributed by atoms with Crippen molar-refractivity contribution in [2.45, 2.75) is 50.8 Å². The summed E-state index contributed by atoms with van der Waals surface area (Å²) < 4.78 is 25.8. The van der Waals surface area contributed by atoms with E-state index < -0.39 is 33.2 Å². The Morgan fingerprint density at radius 1 is 1.31 bits per heavy atom. The molecule has 0 saturated heterocycles. The molecule has 1 aliphatic rings. The maximum absolute atomic E-state index is 11.7. The van der Waals surface area contributed by atoms with Crippen LogP contribution in [0.15, 0.2) is 0 Å². The Morgan fingerprint density at radius 3 is 2.38 bits per heavy atom. The summed E-state index contributed by atoms with van der Waals surface area (Å²) in [7, 11) is -3.38. The van der Waals surface area contributed by atoms with Gasteiger partial charge in [0.05, 0.1) is 11.2 Å². The second-order valence-corrected chi connectivity index (χ2v) is 6.82. The molecule has 1 aliphatic carbocycles. The van der Waals surface area contributed by atoms with E-state index in [4.69, 9.17) is 5.11 Å². The van der Waals surface area contributed by atoms with Crippen molar-refractivity contribution in [2.75, 3.05) is 0 Å². The number of hydrogen-bond donors (Lipinski definition) is 2. The molecule has 0 aromatic carbocycles. The van der Waals surface area contributed by atoms with Crippen LogP contribution in [0.3, 0.4) is 0 Å². The largest absolute Gasteiger partial charge is 0.481 e. The molecule has 16 heavy (non-hydrogen) atoms. The van der Waals surface area contributed by atoms with Gasteiger partial charge in [0, 0.05) is 6.04 Å². The van der Waals surface area contributed by atoms with Crippen LogP contribution in [0.25, 0.3) is 0 Å². The summed E-state index contributed by atoms with van der Waals surface area (Å²) >= 11 is 0. The molecular formula is C10H19NO4S. The van der Waals surface area contributed by atoms with Crippen LogP contribution < -0.4 is 4.72 Å². The van der Waals surface area contributed by atoms with Crippen molar-refractivity contribution in [1.82, 2.24) is 4.72 Å². The highest BCUT2D eigenvalue weighted by atomic mass is 32.2. The first-order valence-electron chi connectivity index (χ1n) is 5.58. The number of carbonyl (C=O) groups is 1. The van der Waals surface area contributed by atoms with Gasteiger partial charge in [0.15, 0.2) is 0 Å². The molecule has 6 heteroatoms. The molecule has 0 radical (unpaired) electrons. The first-order chi connectivity index (χ1) is 7.34. The van der Waals surface area contributed by atoms with Crippen molar-refractivity contribution < 1.29 is 18.3 Å². The standard InChI is InChI=1S/C10H19NO4S/c1-7(2)16(14,15)11-9-6-4-3-5-8(9)10(12)13/h7-9,11H,3-6H2,1-2H3,(H,12,13). The Hall–Kier alpha value is -0.620. The monoisotopic (exact) mass is 249 g/mol. The lowest BCUT2D eigenvalue weighted by molar-refractivity contribution is -0.143. The van der Waals surface area contributed by atoms with Gasteiger partial charge in [-0.1, -0.05) is 12.8 Å². The topological polar surface area (TPSA) is 83.5 Å². The van der Waals surface area contributed by atoms with Crippen molar-refractivity contribution in [3.63, 3.8) is 0 Å². The quantitative estimate of drug-likeness (QED) is 0.777. The molecule has 0 aromatic heterocycles. The lowest BCUT2D eigenvalue weighted by atomic mass is 9.85. The minimum atomic E-state index is -3.38. The Bertz CT molecular complexity index is 350. The van der Waals surface area contributed by atoms with Crippen LogP contribution in [0.1, 0.15) is 39.5 Å². The molecule has 2 atom stereocenters. The minimum Gasteiger partial charge on any atom is -0.481 e. The predicted octanol–water partition coefficient (Wildman–Crippen LogP) is 0.958. The number of carboxylic acid groups (broad SMARTS) is 1. The van der Waals surface area contributed by atoms with E-state index in [0.29, 0.717) is 12.8 Å². The Labute approximate surface area is 96.3 Å². The van der Waals surface area contributed by atoms with Crippen molar-refractivity contribution in [3.8, 4) is 0 Å². The van der Waals surface area contributed by atoms with Crippen LogP contribution in [-0.2, 0) is 14.8 Å². The highest BCUT2D eigenvalue weighted by Gasteiger charge is 2.34. The van der Waals surface area contributed by atoms with Crippen LogP contribution in [0, 0.1) is 5.92 Å². The number of sulfonamides is 1. The molecular weight excluding hydrogens is 230 g/mol. The third-order valence-corrected chi connectivity index (χ3v) is 4.89. The summed E-state index contributed by atoms with van der Waals surface area (Å²) in [4.78, 5) is 11.0. The third-order valence-electron chi connectivity index (χ3n) is 3.02. The molecule has 1 saturated carbocycles. The maximum atomic E-state index is 11.7. The molecule has 1 fully saturated rings. The van der Waals surface area contributed by atoms with E-state index in [1.54, 1.807) is 13.8 Å². The summed E-state index contributed by atoms with van der Waals surface area (Å²) in [5.74, 6) is -1.49. The summed E-state index contributed by atoms with van der Waals surface area (Å²) in [5.41, 5.74) is 0. The van der Waals surface area contributed by atoms with Gasteiger partial charge in [0.25, 0.3) is 0 Å². The lowest BCUT2D eigenvalue weighted by Crippen LogP contribution is -2.47. The molecule has 0 spiro atoms. The van der Waals surface area contributed by atoms with Gasteiger partial charge in [-0.15, -0.1) is 0 Å². The highest BCUT2D eigenvalue weighted by molar-refractivity contribution is 7.90. The fraction of sp³-hybridized carbons (Fsp3) is 0.900. The zero-order valence-corrected chi connectivity index (χ0v) is 10.5. The lowest BCUT2D eigenvalue weighted by Gasteiger charge is -2.29. The fourth-order valence-electron chi connectivity index (χ4n) is 1.91. The number of nitrogens with one attached hydrogen (secondary N) is 1. The second kappa shape index (κ2) is 5.14. The van der Waals surface area contributed by atoms with Crippen molar-refractivity contribution >= 4 is 16.0 Å². The molecule has 5 nitrogen and oxygen atoms in total. The van der Waals surface area contributed by atoms with Gasteiger partial charge < -0.3 is 5.11 Å². The van der Waals surface area contributed by atoms with E-state index in [2.05, 4.69) is 4.72 Å². The zero-order valence-electron chi connectivity index (χ0n) is 9.64. The summed E-state index contributed by atoms with van der Waals surface area (Å²) in [6, 6.07) is -0.446. The number of aliphatic carboxylic acids is 1. The van der Waals surface area contributed by atoms with Gasteiger partial charge >= 0.3 is 5.97 Å². The average Bonchev–Trinajstić information content (AvgIpc) is 2.17. The highest BCUT2D eigenvalue weighted by Crippen LogP contribution is 2.25. The van der Waals surface area contributed by atoms with Crippen molar-refractivity contribution in [2.24, 2.45) is 5.92 Å². The van der Waals surface area contributed by atoms with E-state index >= 15 is 0 Å². The average molecular weight is 249 g/mol. The maximum Gasteiger partial charge on any atom is 0.308 e. The van der Waals surface area contributed by atoms with Crippen molar-refractivity contribution in [3.05, 3.63) is 0 Å². The normalized spacial score (nSPS) is 26.9. The first-order valence-corrected chi connectivity index (χ1v) is 7.13. The SMILES string of the molecule is CC(C)S(=O)(=O)NC1CCCCC1C(=O)O. The molecule has 0 bridgehead atoms. The molecule has 0 amide bonds. The van der Waals surface area contributed by atoms with E-state index in [0.717, 1.165) is 12.8 Å². The number of hydrogen-bond acceptors (Lipinski definition) is 3. The van der Waals surface area contributed by atoms with Crippen LogP contribution in [0.4, 0.5) is 0 Å². The van der Waals surface area contributed by atoms with Gasteiger partial charge in [-0.3, -0.25) is 4.79 Å². The van der Waals surface area contributed by atoms with Crippen LogP contribution in [-0.4, -0.2) is 30.8 Å². The fourth-order valence-corrected chi connectivity index (χ4v) is 2.89. The third kappa shape index (κ3) is 3.18. The molecule has 0 aliphatic heterocycles. The molecule has 2 unspecified atom stereocenters. The summed E-state index contributed by atoms with van der Waals surface area (Å²) in [6.07, 6.45) is 2.91. The van der Waals surface area contributed by atoms with Crippen LogP contribution >= 0.6 is 0 Å². The molecule has 1 rings (SSSR count). The van der Waals surface area contributed by atoms with Gasteiger partial charge in [-0.05, 0) is 26.7 Å². The first kappa shape index (κ1) is 13.4. The van der Waals surface area contributed by atoms with Crippen LogP contribution in [0.2, 0.25) is 0 Å².